The van der Waals surface area contributed by atoms with E-state index in [0.717, 1.165) is 11.1 Å². The number of benzene rings is 1. The van der Waals surface area contributed by atoms with Gasteiger partial charge in [0.05, 0.1) is 6.20 Å². The lowest BCUT2D eigenvalue weighted by atomic mass is 10.2. The third-order valence-electron chi connectivity index (χ3n) is 2.25. The normalized spacial score (nSPS) is 10.2. The van der Waals surface area contributed by atoms with Crippen LogP contribution in [-0.2, 0) is 13.2 Å². The molecule has 0 amide bonds. The highest BCUT2D eigenvalue weighted by atomic mass is 35.5. The van der Waals surface area contributed by atoms with Gasteiger partial charge in [0.25, 0.3) is 0 Å². The summed E-state index contributed by atoms with van der Waals surface area (Å²) in [4.78, 5) is 0. The van der Waals surface area contributed by atoms with Crippen molar-refractivity contribution in [1.82, 2.24) is 10.2 Å². The van der Waals surface area contributed by atoms with Crippen LogP contribution in [0.4, 0.5) is 0 Å². The molecular weight excluding hydrogens is 238 g/mol. The van der Waals surface area contributed by atoms with Gasteiger partial charge in [-0.2, -0.15) is 5.10 Å². The zero-order chi connectivity index (χ0) is 12.1. The third-order valence-corrected chi connectivity index (χ3v) is 2.49. The smallest absolute Gasteiger partial charge is 0.238 e. The van der Waals surface area contributed by atoms with Crippen molar-refractivity contribution in [3.05, 3.63) is 52.7 Å². The molecule has 0 aliphatic carbocycles. The summed E-state index contributed by atoms with van der Waals surface area (Å²) in [7, 11) is 0. The summed E-state index contributed by atoms with van der Waals surface area (Å²) in [6, 6.07) is 9.27. The van der Waals surface area contributed by atoms with E-state index in [-0.39, 0.29) is 0 Å². The van der Waals surface area contributed by atoms with Crippen molar-refractivity contribution in [2.24, 2.45) is 5.73 Å². The van der Waals surface area contributed by atoms with Gasteiger partial charge in [-0.25, -0.2) is 0 Å². The Morgan fingerprint density at radius 1 is 1.29 bits per heavy atom. The highest BCUT2D eigenvalue weighted by Gasteiger charge is 2.04. The first kappa shape index (κ1) is 11.8. The van der Waals surface area contributed by atoms with Crippen molar-refractivity contribution in [3.8, 4) is 5.88 Å². The molecule has 0 saturated heterocycles. The average Bonchev–Trinajstić information content (AvgIpc) is 2.37. The first-order valence-corrected chi connectivity index (χ1v) is 5.55. The zero-order valence-electron chi connectivity index (χ0n) is 9.14. The predicted octanol–water partition coefficient (Wildman–Crippen LogP) is 2.17. The lowest BCUT2D eigenvalue weighted by molar-refractivity contribution is 0.286. The maximum Gasteiger partial charge on any atom is 0.238 e. The number of hydrogen-bond acceptors (Lipinski definition) is 4. The van der Waals surface area contributed by atoms with Crippen LogP contribution < -0.4 is 10.5 Å². The molecule has 0 aliphatic rings. The highest BCUT2D eigenvalue weighted by molar-refractivity contribution is 6.30. The molecule has 1 aromatic carbocycles. The van der Waals surface area contributed by atoms with Crippen molar-refractivity contribution in [3.63, 3.8) is 0 Å². The Balaban J connectivity index is 2.07. The van der Waals surface area contributed by atoms with E-state index in [9.17, 15) is 0 Å². The molecule has 0 saturated carbocycles. The molecule has 0 atom stereocenters. The lowest BCUT2D eigenvalue weighted by Gasteiger charge is -2.08. The fourth-order valence-corrected chi connectivity index (χ4v) is 1.61. The second-order valence-electron chi connectivity index (χ2n) is 3.48. The van der Waals surface area contributed by atoms with E-state index in [1.807, 2.05) is 24.3 Å². The summed E-state index contributed by atoms with van der Waals surface area (Å²) >= 11 is 5.88. The van der Waals surface area contributed by atoms with Crippen LogP contribution in [0.3, 0.4) is 0 Å². The minimum absolute atomic E-state index is 0.375. The summed E-state index contributed by atoms with van der Waals surface area (Å²) in [6.07, 6.45) is 1.59. The van der Waals surface area contributed by atoms with Crippen LogP contribution in [0.2, 0.25) is 5.02 Å². The summed E-state index contributed by atoms with van der Waals surface area (Å²) in [5.41, 5.74) is 7.39. The van der Waals surface area contributed by atoms with Crippen molar-refractivity contribution < 1.29 is 4.74 Å². The number of nitrogens with two attached hydrogens (primary N) is 1. The number of nitrogens with zero attached hydrogens (tertiary/aromatic N) is 2. The third kappa shape index (κ3) is 3.15. The first-order valence-electron chi connectivity index (χ1n) is 5.17. The molecule has 2 N–H and O–H groups in total. The van der Waals surface area contributed by atoms with E-state index >= 15 is 0 Å². The molecule has 17 heavy (non-hydrogen) atoms. The summed E-state index contributed by atoms with van der Waals surface area (Å²) in [5.74, 6) is 0.468. The Hall–Kier alpha value is -1.65. The van der Waals surface area contributed by atoms with E-state index in [4.69, 9.17) is 22.1 Å². The van der Waals surface area contributed by atoms with E-state index in [1.165, 1.54) is 0 Å². The van der Waals surface area contributed by atoms with Gasteiger partial charge >= 0.3 is 0 Å². The van der Waals surface area contributed by atoms with Gasteiger partial charge in [0.2, 0.25) is 5.88 Å². The van der Waals surface area contributed by atoms with Crippen LogP contribution in [0.5, 0.6) is 5.88 Å². The van der Waals surface area contributed by atoms with E-state index in [0.29, 0.717) is 24.1 Å². The minimum Gasteiger partial charge on any atom is -0.471 e. The van der Waals surface area contributed by atoms with Gasteiger partial charge in [-0.1, -0.05) is 23.7 Å². The lowest BCUT2D eigenvalue weighted by Crippen LogP contribution is -2.05. The molecule has 2 aromatic rings. The van der Waals surface area contributed by atoms with Gasteiger partial charge < -0.3 is 10.5 Å². The summed E-state index contributed by atoms with van der Waals surface area (Å²) in [6.45, 7) is 0.770. The molecule has 0 spiro atoms. The molecule has 0 unspecified atom stereocenters. The highest BCUT2D eigenvalue weighted by Crippen LogP contribution is 2.16. The maximum absolute atomic E-state index is 5.88. The molecule has 1 heterocycles. The van der Waals surface area contributed by atoms with Gasteiger partial charge in [-0.05, 0) is 23.8 Å². The number of halogens is 1. The number of aromatic nitrogens is 2. The number of ether oxygens (including phenoxy) is 1. The molecular formula is C12H12ClN3O. The van der Waals surface area contributed by atoms with Crippen LogP contribution in [0.25, 0.3) is 0 Å². The van der Waals surface area contributed by atoms with Gasteiger partial charge in [-0.3, -0.25) is 0 Å². The van der Waals surface area contributed by atoms with Crippen LogP contribution in [-0.4, -0.2) is 10.2 Å². The number of rotatable bonds is 4. The standard InChI is InChI=1S/C12H12ClN3O/c13-11-3-1-2-9(6-11)8-17-12-10(7-14)4-5-15-16-12/h1-6H,7-8,14H2. The van der Waals surface area contributed by atoms with E-state index in [2.05, 4.69) is 10.2 Å². The van der Waals surface area contributed by atoms with Crippen molar-refractivity contribution in [1.29, 1.82) is 0 Å². The molecule has 4 nitrogen and oxygen atoms in total. The molecule has 0 aliphatic heterocycles. The first-order chi connectivity index (χ1) is 8.29. The van der Waals surface area contributed by atoms with E-state index in [1.54, 1.807) is 12.3 Å². The Bertz CT molecular complexity index is 505. The fourth-order valence-electron chi connectivity index (χ4n) is 1.40. The predicted molar refractivity (Wildman–Crippen MR) is 65.7 cm³/mol. The average molecular weight is 250 g/mol. The fraction of sp³-hybridized carbons (Fsp3) is 0.167. The van der Waals surface area contributed by atoms with Gasteiger partial charge in [-0.15, -0.1) is 5.10 Å². The number of hydrogen-bond donors (Lipinski definition) is 1. The van der Waals surface area contributed by atoms with Crippen molar-refractivity contribution >= 4 is 11.6 Å². The molecule has 0 fully saturated rings. The summed E-state index contributed by atoms with van der Waals surface area (Å²) in [5, 5.41) is 8.35. The minimum atomic E-state index is 0.375. The van der Waals surface area contributed by atoms with Crippen molar-refractivity contribution in [2.75, 3.05) is 0 Å². The van der Waals surface area contributed by atoms with Gasteiger partial charge in [0.1, 0.15) is 6.61 Å². The zero-order valence-corrected chi connectivity index (χ0v) is 9.89. The molecule has 88 valence electrons. The van der Waals surface area contributed by atoms with Gasteiger partial charge in [0, 0.05) is 17.1 Å². The topological polar surface area (TPSA) is 61.0 Å². The van der Waals surface area contributed by atoms with E-state index < -0.39 is 0 Å². The second kappa shape index (κ2) is 5.61. The Morgan fingerprint density at radius 2 is 2.18 bits per heavy atom. The van der Waals surface area contributed by atoms with Crippen molar-refractivity contribution in [2.45, 2.75) is 13.2 Å². The van der Waals surface area contributed by atoms with Gasteiger partial charge in [0.15, 0.2) is 0 Å². The quantitative estimate of drug-likeness (QED) is 0.902. The Morgan fingerprint density at radius 3 is 2.94 bits per heavy atom. The largest absolute Gasteiger partial charge is 0.471 e. The second-order valence-corrected chi connectivity index (χ2v) is 3.92. The molecule has 1 aromatic heterocycles. The monoisotopic (exact) mass is 249 g/mol. The van der Waals surface area contributed by atoms with Crippen LogP contribution in [0.15, 0.2) is 36.5 Å². The summed E-state index contributed by atoms with van der Waals surface area (Å²) < 4.78 is 5.56. The molecule has 2 rings (SSSR count). The van der Waals surface area contributed by atoms with Crippen LogP contribution >= 0.6 is 11.6 Å². The van der Waals surface area contributed by atoms with Crippen LogP contribution in [0.1, 0.15) is 11.1 Å². The molecule has 0 bridgehead atoms. The maximum atomic E-state index is 5.88. The van der Waals surface area contributed by atoms with Crippen LogP contribution in [0, 0.1) is 0 Å². The SMILES string of the molecule is NCc1ccnnc1OCc1cccc(Cl)c1. The Labute approximate surface area is 104 Å². The molecule has 0 radical (unpaired) electrons. The molecule has 5 heteroatoms. The Kier molecular flexibility index (Phi) is 3.90.